The largest absolute Gasteiger partial charge is 0.462 e. The number of aromatic nitrogens is 3. The summed E-state index contributed by atoms with van der Waals surface area (Å²) in [5.74, 6) is 0.236. The zero-order valence-corrected chi connectivity index (χ0v) is 18.4. The van der Waals surface area contributed by atoms with Gasteiger partial charge in [0.1, 0.15) is 0 Å². The predicted octanol–water partition coefficient (Wildman–Crippen LogP) is 2.23. The van der Waals surface area contributed by atoms with Crippen LogP contribution in [-0.2, 0) is 14.8 Å². The molecule has 1 aromatic carbocycles. The van der Waals surface area contributed by atoms with Crippen molar-refractivity contribution in [2.75, 3.05) is 37.7 Å². The van der Waals surface area contributed by atoms with Crippen molar-refractivity contribution in [3.8, 4) is 11.3 Å². The van der Waals surface area contributed by atoms with E-state index in [4.69, 9.17) is 4.74 Å². The molecule has 0 atom stereocenters. The molecule has 1 fully saturated rings. The maximum Gasteiger partial charge on any atom is 0.338 e. The number of pyridine rings is 1. The molecule has 2 aromatic heterocycles. The molecule has 32 heavy (non-hydrogen) atoms. The summed E-state index contributed by atoms with van der Waals surface area (Å²) in [6.07, 6.45) is 3.41. The average Bonchev–Trinajstić information content (AvgIpc) is 2.85. The fraction of sp³-hybridized carbons (Fsp3) is 0.273. The van der Waals surface area contributed by atoms with Crippen molar-refractivity contribution in [3.63, 3.8) is 0 Å². The highest BCUT2D eigenvalue weighted by Gasteiger charge is 2.29. The van der Waals surface area contributed by atoms with Crippen LogP contribution in [0.1, 0.15) is 17.3 Å². The maximum atomic E-state index is 13.0. The minimum Gasteiger partial charge on any atom is -0.462 e. The van der Waals surface area contributed by atoms with Gasteiger partial charge >= 0.3 is 5.97 Å². The molecule has 10 heteroatoms. The Balaban J connectivity index is 1.40. The van der Waals surface area contributed by atoms with Gasteiger partial charge in [-0.3, -0.25) is 4.98 Å². The lowest BCUT2D eigenvalue weighted by Crippen LogP contribution is -2.49. The van der Waals surface area contributed by atoms with Gasteiger partial charge in [0.2, 0.25) is 10.0 Å². The number of benzene rings is 1. The molecular weight excluding hydrogens is 430 g/mol. The summed E-state index contributed by atoms with van der Waals surface area (Å²) in [5, 5.41) is 8.60. The normalized spacial score (nSPS) is 14.8. The smallest absolute Gasteiger partial charge is 0.338 e. The lowest BCUT2D eigenvalue weighted by atomic mass is 10.2. The molecule has 4 rings (SSSR count). The van der Waals surface area contributed by atoms with Crippen molar-refractivity contribution in [2.45, 2.75) is 11.8 Å². The summed E-state index contributed by atoms with van der Waals surface area (Å²) in [7, 11) is -3.65. The van der Waals surface area contributed by atoms with E-state index in [1.807, 2.05) is 29.2 Å². The van der Waals surface area contributed by atoms with Crippen LogP contribution in [0, 0.1) is 0 Å². The van der Waals surface area contributed by atoms with E-state index in [1.54, 1.807) is 19.3 Å². The molecule has 166 valence electrons. The number of piperazine rings is 1. The highest BCUT2D eigenvalue weighted by atomic mass is 32.2. The molecule has 0 bridgehead atoms. The van der Waals surface area contributed by atoms with Crippen molar-refractivity contribution in [3.05, 3.63) is 66.5 Å². The minimum absolute atomic E-state index is 0.153. The standard InChI is InChI=1S/C22H23N5O4S/c1-2-31-22(28)18-3-5-19(6-4-18)32(29,30)27-15-13-26(14-16-27)21-8-7-20(24-25-21)17-9-11-23-12-10-17/h3-12H,2,13-16H2,1H3. The second-order valence-electron chi connectivity index (χ2n) is 7.15. The number of nitrogens with zero attached hydrogens (tertiary/aromatic N) is 5. The van der Waals surface area contributed by atoms with Crippen LogP contribution in [0.5, 0.6) is 0 Å². The fourth-order valence-electron chi connectivity index (χ4n) is 3.45. The van der Waals surface area contributed by atoms with E-state index >= 15 is 0 Å². The first kappa shape index (κ1) is 21.8. The molecule has 0 spiro atoms. The Labute approximate surface area is 186 Å². The van der Waals surface area contributed by atoms with Gasteiger partial charge in [-0.05, 0) is 55.5 Å². The van der Waals surface area contributed by atoms with Crippen molar-refractivity contribution < 1.29 is 17.9 Å². The van der Waals surface area contributed by atoms with Crippen LogP contribution < -0.4 is 4.90 Å². The third-order valence-corrected chi connectivity index (χ3v) is 7.11. The van der Waals surface area contributed by atoms with Crippen LogP contribution >= 0.6 is 0 Å². The molecule has 9 nitrogen and oxygen atoms in total. The van der Waals surface area contributed by atoms with E-state index < -0.39 is 16.0 Å². The lowest BCUT2D eigenvalue weighted by molar-refractivity contribution is 0.0526. The number of esters is 1. The number of hydrogen-bond acceptors (Lipinski definition) is 8. The molecule has 1 saturated heterocycles. The summed E-state index contributed by atoms with van der Waals surface area (Å²) in [6, 6.07) is 13.3. The van der Waals surface area contributed by atoms with Gasteiger partial charge in [0.15, 0.2) is 5.82 Å². The van der Waals surface area contributed by atoms with Crippen LogP contribution in [0.4, 0.5) is 5.82 Å². The van der Waals surface area contributed by atoms with Crippen LogP contribution in [0.3, 0.4) is 0 Å². The van der Waals surface area contributed by atoms with Gasteiger partial charge in [0.05, 0.1) is 22.8 Å². The van der Waals surface area contributed by atoms with Gasteiger partial charge in [-0.15, -0.1) is 10.2 Å². The molecule has 0 saturated carbocycles. The van der Waals surface area contributed by atoms with E-state index in [1.165, 1.54) is 28.6 Å². The third kappa shape index (κ3) is 4.61. The molecule has 0 amide bonds. The zero-order chi connectivity index (χ0) is 22.6. The molecule has 0 unspecified atom stereocenters. The van der Waals surface area contributed by atoms with Crippen LogP contribution in [0.15, 0.2) is 65.8 Å². The van der Waals surface area contributed by atoms with Crippen LogP contribution in [0.25, 0.3) is 11.3 Å². The van der Waals surface area contributed by atoms with Crippen LogP contribution in [-0.4, -0.2) is 66.7 Å². The molecule has 0 N–H and O–H groups in total. The minimum atomic E-state index is -3.65. The Morgan fingerprint density at radius 2 is 1.62 bits per heavy atom. The summed E-state index contributed by atoms with van der Waals surface area (Å²) in [5.41, 5.74) is 2.01. The molecule has 3 heterocycles. The van der Waals surface area contributed by atoms with Gasteiger partial charge < -0.3 is 9.64 Å². The first-order chi connectivity index (χ1) is 15.5. The summed E-state index contributed by atoms with van der Waals surface area (Å²) in [4.78, 5) is 17.9. The van der Waals surface area contributed by atoms with Gasteiger partial charge in [-0.25, -0.2) is 13.2 Å². The number of hydrogen-bond donors (Lipinski definition) is 0. The fourth-order valence-corrected chi connectivity index (χ4v) is 4.88. The molecular formula is C22H23N5O4S. The van der Waals surface area contributed by atoms with E-state index in [9.17, 15) is 13.2 Å². The Morgan fingerprint density at radius 3 is 2.22 bits per heavy atom. The number of anilines is 1. The van der Waals surface area contributed by atoms with Gasteiger partial charge in [-0.1, -0.05) is 0 Å². The van der Waals surface area contributed by atoms with Crippen molar-refractivity contribution in [1.29, 1.82) is 0 Å². The first-order valence-corrected chi connectivity index (χ1v) is 11.7. The van der Waals surface area contributed by atoms with Gasteiger partial charge in [0, 0.05) is 44.1 Å². The number of ether oxygens (including phenoxy) is 1. The lowest BCUT2D eigenvalue weighted by Gasteiger charge is -2.34. The zero-order valence-electron chi connectivity index (χ0n) is 17.6. The molecule has 3 aromatic rings. The highest BCUT2D eigenvalue weighted by Crippen LogP contribution is 2.22. The Kier molecular flexibility index (Phi) is 6.42. The van der Waals surface area contributed by atoms with Crippen molar-refractivity contribution in [2.24, 2.45) is 0 Å². The predicted molar refractivity (Wildman–Crippen MR) is 119 cm³/mol. The monoisotopic (exact) mass is 453 g/mol. The molecule has 1 aliphatic rings. The topological polar surface area (TPSA) is 106 Å². The quantitative estimate of drug-likeness (QED) is 0.523. The van der Waals surface area contributed by atoms with Crippen molar-refractivity contribution >= 4 is 21.8 Å². The summed E-state index contributed by atoms with van der Waals surface area (Å²) in [6.45, 7) is 3.65. The Morgan fingerprint density at radius 1 is 0.938 bits per heavy atom. The number of carbonyl (C=O) groups is 1. The van der Waals surface area contributed by atoms with E-state index in [2.05, 4.69) is 15.2 Å². The average molecular weight is 454 g/mol. The number of rotatable bonds is 6. The second-order valence-corrected chi connectivity index (χ2v) is 9.09. The SMILES string of the molecule is CCOC(=O)c1ccc(S(=O)(=O)N2CCN(c3ccc(-c4ccncc4)nn3)CC2)cc1. The number of carbonyl (C=O) groups excluding carboxylic acids is 1. The van der Waals surface area contributed by atoms with Gasteiger partial charge in [-0.2, -0.15) is 4.31 Å². The van der Waals surface area contributed by atoms with Gasteiger partial charge in [0.25, 0.3) is 0 Å². The van der Waals surface area contributed by atoms with Crippen LogP contribution in [0.2, 0.25) is 0 Å². The summed E-state index contributed by atoms with van der Waals surface area (Å²) >= 11 is 0. The molecule has 1 aliphatic heterocycles. The van der Waals surface area contributed by atoms with E-state index in [-0.39, 0.29) is 11.5 Å². The van der Waals surface area contributed by atoms with E-state index in [0.717, 1.165) is 11.3 Å². The van der Waals surface area contributed by atoms with E-state index in [0.29, 0.717) is 37.6 Å². The second kappa shape index (κ2) is 9.41. The van der Waals surface area contributed by atoms with Crippen molar-refractivity contribution in [1.82, 2.24) is 19.5 Å². The third-order valence-electron chi connectivity index (χ3n) is 5.19. The Bertz CT molecular complexity index is 1160. The molecule has 0 radical (unpaired) electrons. The molecule has 0 aliphatic carbocycles. The maximum absolute atomic E-state index is 13.0. The highest BCUT2D eigenvalue weighted by molar-refractivity contribution is 7.89. The number of sulfonamides is 1. The first-order valence-electron chi connectivity index (χ1n) is 10.3. The Hall–Kier alpha value is -3.37. The summed E-state index contributed by atoms with van der Waals surface area (Å²) < 4.78 is 32.4.